The topological polar surface area (TPSA) is 55.8 Å². The van der Waals surface area contributed by atoms with Gasteiger partial charge in [-0.05, 0) is 6.92 Å². The van der Waals surface area contributed by atoms with Crippen LogP contribution in [0.15, 0.2) is 0 Å². The molecule has 0 spiro atoms. The van der Waals surface area contributed by atoms with E-state index in [0.717, 1.165) is 6.42 Å². The molecule has 2 saturated heterocycles. The van der Waals surface area contributed by atoms with Crippen LogP contribution in [-0.4, -0.2) is 42.3 Å². The first-order valence-electron chi connectivity index (χ1n) is 4.85. The van der Waals surface area contributed by atoms with Crippen molar-refractivity contribution in [3.8, 4) is 0 Å². The van der Waals surface area contributed by atoms with Gasteiger partial charge in [0.25, 0.3) is 0 Å². The van der Waals surface area contributed by atoms with Crippen molar-refractivity contribution in [1.29, 1.82) is 0 Å². The Morgan fingerprint density at radius 1 is 1.71 bits per heavy atom. The number of esters is 1. The molecule has 78 valence electrons. The van der Waals surface area contributed by atoms with Crippen LogP contribution in [0.25, 0.3) is 0 Å². The van der Waals surface area contributed by atoms with Crippen molar-refractivity contribution in [2.75, 3.05) is 13.2 Å². The van der Waals surface area contributed by atoms with E-state index in [1.54, 1.807) is 11.8 Å². The summed E-state index contributed by atoms with van der Waals surface area (Å²) in [4.78, 5) is 24.0. The van der Waals surface area contributed by atoms with E-state index >= 15 is 0 Å². The van der Waals surface area contributed by atoms with Gasteiger partial charge in [0.15, 0.2) is 0 Å². The number of hydrogen-bond acceptors (Lipinski definition) is 4. The Morgan fingerprint density at radius 3 is 3.21 bits per heavy atom. The molecule has 2 fully saturated rings. The van der Waals surface area contributed by atoms with Crippen molar-refractivity contribution in [3.63, 3.8) is 0 Å². The summed E-state index contributed by atoms with van der Waals surface area (Å²) in [6, 6.07) is -0.0958. The first-order chi connectivity index (χ1) is 6.72. The maximum atomic E-state index is 11.4. The maximum Gasteiger partial charge on any atom is 0.410 e. The van der Waals surface area contributed by atoms with E-state index in [0.29, 0.717) is 19.6 Å². The zero-order valence-electron chi connectivity index (χ0n) is 8.06. The average Bonchev–Trinajstić information content (AvgIpc) is 2.62. The number of carbonyl (C=O) groups excluding carboxylic acids is 2. The summed E-state index contributed by atoms with van der Waals surface area (Å²) in [5, 5.41) is 0. The number of hydrogen-bond donors (Lipinski definition) is 0. The lowest BCUT2D eigenvalue weighted by Crippen LogP contribution is -2.37. The molecule has 0 saturated carbocycles. The van der Waals surface area contributed by atoms with Gasteiger partial charge in [-0.3, -0.25) is 4.79 Å². The molecule has 2 rings (SSSR count). The molecule has 5 heteroatoms. The van der Waals surface area contributed by atoms with E-state index in [-0.39, 0.29) is 24.2 Å². The van der Waals surface area contributed by atoms with Gasteiger partial charge >= 0.3 is 12.1 Å². The van der Waals surface area contributed by atoms with Crippen LogP contribution in [-0.2, 0) is 14.3 Å². The highest BCUT2D eigenvalue weighted by Crippen LogP contribution is 2.30. The third-order valence-corrected chi connectivity index (χ3v) is 2.64. The molecule has 0 bridgehead atoms. The molecule has 0 N–H and O–H groups in total. The Morgan fingerprint density at radius 2 is 2.50 bits per heavy atom. The standard InChI is InChI=1S/C9H13NO4/c1-2-13-9(12)10-4-3-7-6(10)5-8(11)14-7/h6-7H,2-5H2,1H3/t6-,7-/m1/s1. The Bertz CT molecular complexity index is 266. The first kappa shape index (κ1) is 9.30. The number of nitrogens with zero attached hydrogens (tertiary/aromatic N) is 1. The lowest BCUT2D eigenvalue weighted by atomic mass is 10.1. The summed E-state index contributed by atoms with van der Waals surface area (Å²) < 4.78 is 9.94. The molecule has 0 unspecified atom stereocenters. The molecule has 0 aromatic heterocycles. The minimum absolute atomic E-state index is 0.0958. The van der Waals surface area contributed by atoms with Crippen LogP contribution >= 0.6 is 0 Å². The predicted molar refractivity (Wildman–Crippen MR) is 46.6 cm³/mol. The normalized spacial score (nSPS) is 30.1. The van der Waals surface area contributed by atoms with E-state index in [4.69, 9.17) is 9.47 Å². The van der Waals surface area contributed by atoms with Crippen LogP contribution in [0.5, 0.6) is 0 Å². The highest BCUT2D eigenvalue weighted by Gasteiger charge is 2.45. The molecular weight excluding hydrogens is 186 g/mol. The van der Waals surface area contributed by atoms with E-state index < -0.39 is 0 Å². The molecule has 2 aliphatic heterocycles. The molecule has 0 aromatic carbocycles. The minimum atomic E-state index is -0.335. The largest absolute Gasteiger partial charge is 0.460 e. The molecule has 0 aromatic rings. The summed E-state index contributed by atoms with van der Waals surface area (Å²) in [7, 11) is 0. The number of rotatable bonds is 1. The van der Waals surface area contributed by atoms with E-state index in [2.05, 4.69) is 0 Å². The highest BCUT2D eigenvalue weighted by atomic mass is 16.6. The van der Waals surface area contributed by atoms with E-state index in [1.807, 2.05) is 0 Å². The third kappa shape index (κ3) is 1.42. The summed E-state index contributed by atoms with van der Waals surface area (Å²) in [6.45, 7) is 2.75. The van der Waals surface area contributed by atoms with Crippen molar-refractivity contribution in [1.82, 2.24) is 4.90 Å². The fraction of sp³-hybridized carbons (Fsp3) is 0.778. The Labute approximate surface area is 82.0 Å². The van der Waals surface area contributed by atoms with Gasteiger partial charge in [-0.1, -0.05) is 0 Å². The van der Waals surface area contributed by atoms with E-state index in [1.165, 1.54) is 0 Å². The quantitative estimate of drug-likeness (QED) is 0.578. The number of amides is 1. The minimum Gasteiger partial charge on any atom is -0.460 e. The predicted octanol–water partition coefficient (Wildman–Crippen LogP) is 0.533. The van der Waals surface area contributed by atoms with Gasteiger partial charge in [-0.25, -0.2) is 4.79 Å². The lowest BCUT2D eigenvalue weighted by Gasteiger charge is -2.20. The number of ether oxygens (including phenoxy) is 2. The zero-order valence-corrected chi connectivity index (χ0v) is 8.06. The van der Waals surface area contributed by atoms with Crippen LogP contribution in [0.4, 0.5) is 4.79 Å². The van der Waals surface area contributed by atoms with Crippen molar-refractivity contribution < 1.29 is 19.1 Å². The molecule has 5 nitrogen and oxygen atoms in total. The molecule has 1 amide bonds. The molecule has 0 aliphatic carbocycles. The molecule has 0 radical (unpaired) electrons. The van der Waals surface area contributed by atoms with Gasteiger partial charge < -0.3 is 14.4 Å². The zero-order chi connectivity index (χ0) is 10.1. The number of carbonyl (C=O) groups is 2. The van der Waals surface area contributed by atoms with Gasteiger partial charge in [-0.15, -0.1) is 0 Å². The highest BCUT2D eigenvalue weighted by molar-refractivity contribution is 5.76. The second-order valence-corrected chi connectivity index (χ2v) is 3.48. The Kier molecular flexibility index (Phi) is 2.31. The van der Waals surface area contributed by atoms with Crippen molar-refractivity contribution in [2.24, 2.45) is 0 Å². The van der Waals surface area contributed by atoms with Crippen molar-refractivity contribution in [3.05, 3.63) is 0 Å². The Balaban J connectivity index is 2.01. The lowest BCUT2D eigenvalue weighted by molar-refractivity contribution is -0.141. The summed E-state index contributed by atoms with van der Waals surface area (Å²) >= 11 is 0. The first-order valence-corrected chi connectivity index (χ1v) is 4.85. The monoisotopic (exact) mass is 199 g/mol. The van der Waals surface area contributed by atoms with Crippen LogP contribution in [0.2, 0.25) is 0 Å². The summed E-state index contributed by atoms with van der Waals surface area (Å²) in [5.74, 6) is -0.214. The maximum absolute atomic E-state index is 11.4. The smallest absolute Gasteiger partial charge is 0.410 e. The second kappa shape index (κ2) is 3.48. The average molecular weight is 199 g/mol. The molecule has 2 atom stereocenters. The fourth-order valence-electron chi connectivity index (χ4n) is 2.03. The second-order valence-electron chi connectivity index (χ2n) is 3.48. The van der Waals surface area contributed by atoms with Crippen LogP contribution in [0, 0.1) is 0 Å². The van der Waals surface area contributed by atoms with Gasteiger partial charge in [0.1, 0.15) is 6.10 Å². The molecular formula is C9H13NO4. The van der Waals surface area contributed by atoms with Gasteiger partial charge in [0.05, 0.1) is 19.1 Å². The molecule has 14 heavy (non-hydrogen) atoms. The fourth-order valence-corrected chi connectivity index (χ4v) is 2.03. The Hall–Kier alpha value is -1.26. The van der Waals surface area contributed by atoms with Crippen molar-refractivity contribution in [2.45, 2.75) is 31.9 Å². The van der Waals surface area contributed by atoms with Gasteiger partial charge in [-0.2, -0.15) is 0 Å². The van der Waals surface area contributed by atoms with Crippen LogP contribution in [0.3, 0.4) is 0 Å². The van der Waals surface area contributed by atoms with E-state index in [9.17, 15) is 9.59 Å². The van der Waals surface area contributed by atoms with Crippen LogP contribution < -0.4 is 0 Å². The molecule has 2 heterocycles. The number of fused-ring (bicyclic) bond motifs is 1. The SMILES string of the molecule is CCOC(=O)N1CC[C@H]2OC(=O)C[C@H]21. The van der Waals surface area contributed by atoms with Gasteiger partial charge in [0, 0.05) is 13.0 Å². The molecule has 2 aliphatic rings. The summed E-state index contributed by atoms with van der Waals surface area (Å²) in [6.07, 6.45) is 0.601. The van der Waals surface area contributed by atoms with Crippen molar-refractivity contribution >= 4 is 12.1 Å². The van der Waals surface area contributed by atoms with Crippen LogP contribution in [0.1, 0.15) is 19.8 Å². The van der Waals surface area contributed by atoms with Gasteiger partial charge in [0.2, 0.25) is 0 Å². The third-order valence-electron chi connectivity index (χ3n) is 2.64. The number of likely N-dealkylation sites (tertiary alicyclic amines) is 1. The summed E-state index contributed by atoms with van der Waals surface area (Å²) in [5.41, 5.74) is 0.